The lowest BCUT2D eigenvalue weighted by Gasteiger charge is -2.39. The van der Waals surface area contributed by atoms with E-state index in [0.29, 0.717) is 39.6 Å². The first-order chi connectivity index (χ1) is 28.5. The van der Waals surface area contributed by atoms with Crippen molar-refractivity contribution >= 4 is 31.9 Å². The van der Waals surface area contributed by atoms with Crippen molar-refractivity contribution in [1.29, 1.82) is 0 Å². The highest BCUT2D eigenvalue weighted by molar-refractivity contribution is 9.10. The molecular formula is C50H50Br2O6. The van der Waals surface area contributed by atoms with Crippen molar-refractivity contribution in [2.45, 2.75) is 70.2 Å². The molecule has 0 fully saturated rings. The minimum atomic E-state index is -0.726. The number of hydrogen-bond acceptors (Lipinski definition) is 6. The second-order valence-electron chi connectivity index (χ2n) is 13.9. The minimum absolute atomic E-state index is 0.222. The molecule has 0 amide bonds. The molecule has 0 aliphatic rings. The second kappa shape index (κ2) is 24.0. The van der Waals surface area contributed by atoms with Gasteiger partial charge < -0.3 is 28.4 Å². The zero-order valence-corrected chi connectivity index (χ0v) is 35.7. The first-order valence-corrected chi connectivity index (χ1v) is 21.1. The second-order valence-corrected chi connectivity index (χ2v) is 15.7. The van der Waals surface area contributed by atoms with Crippen LogP contribution in [0.3, 0.4) is 0 Å². The summed E-state index contributed by atoms with van der Waals surface area (Å²) >= 11 is 7.12. The average Bonchev–Trinajstić information content (AvgIpc) is 3.27. The molecule has 0 bridgehead atoms. The van der Waals surface area contributed by atoms with Crippen molar-refractivity contribution in [3.63, 3.8) is 0 Å². The SMILES string of the molecule is C=C[C@H](OCc1ccc(Br)cc1)[C@H](OCc1ccccc1)[C@@H](OCc1ccccc1)[C@H](OCc1ccccc1)[C@@H](COCc1ccccc1)OCc1ccc(Br)cc1. The van der Waals surface area contributed by atoms with Gasteiger partial charge in [-0.05, 0) is 57.6 Å². The molecule has 0 unspecified atom stereocenters. The summed E-state index contributed by atoms with van der Waals surface area (Å²) in [5, 5.41) is 0. The number of halogens is 2. The fourth-order valence-corrected chi connectivity index (χ4v) is 6.95. The van der Waals surface area contributed by atoms with Gasteiger partial charge in [-0.3, -0.25) is 0 Å². The molecule has 5 atom stereocenters. The zero-order chi connectivity index (χ0) is 40.2. The molecule has 0 aliphatic heterocycles. The third-order valence-corrected chi connectivity index (χ3v) is 10.6. The van der Waals surface area contributed by atoms with Gasteiger partial charge in [0, 0.05) is 8.95 Å². The maximum absolute atomic E-state index is 7.07. The van der Waals surface area contributed by atoms with Crippen LogP contribution in [0, 0.1) is 0 Å². The Morgan fingerprint density at radius 3 is 1.16 bits per heavy atom. The summed E-state index contributed by atoms with van der Waals surface area (Å²) in [7, 11) is 0. The van der Waals surface area contributed by atoms with Gasteiger partial charge in [-0.1, -0.05) is 184 Å². The zero-order valence-electron chi connectivity index (χ0n) is 32.5. The van der Waals surface area contributed by atoms with Crippen LogP contribution in [0.5, 0.6) is 0 Å². The molecule has 0 saturated carbocycles. The van der Waals surface area contributed by atoms with Crippen LogP contribution in [0.2, 0.25) is 0 Å². The summed E-state index contributed by atoms with van der Waals surface area (Å²) < 4.78 is 43.1. The van der Waals surface area contributed by atoms with E-state index >= 15 is 0 Å². The van der Waals surface area contributed by atoms with Gasteiger partial charge in [0.25, 0.3) is 0 Å². The standard InChI is InChI=1S/C50H50Br2O6/c1-2-46(54-32-42-23-27-44(51)28-24-42)48(56-34-39-17-9-4-10-18-39)50(58-36-41-21-13-6-14-22-41)49(57-35-40-19-11-5-12-20-40)47(37-53-31-38-15-7-3-8-16-38)55-33-43-25-29-45(52)30-26-43/h2-30,46-50H,1,31-37H2/t46-,47+,48-,49+,50+/m0/s1. The molecule has 6 aromatic rings. The Bertz CT molecular complexity index is 2020. The normalized spacial score (nSPS) is 14.0. The number of ether oxygens (including phenoxy) is 6. The van der Waals surface area contributed by atoms with Crippen LogP contribution < -0.4 is 0 Å². The van der Waals surface area contributed by atoms with Crippen molar-refractivity contribution in [2.75, 3.05) is 6.61 Å². The van der Waals surface area contributed by atoms with Crippen LogP contribution >= 0.6 is 31.9 Å². The van der Waals surface area contributed by atoms with Crippen molar-refractivity contribution in [1.82, 2.24) is 0 Å². The topological polar surface area (TPSA) is 55.4 Å². The van der Waals surface area contributed by atoms with Crippen molar-refractivity contribution in [3.8, 4) is 0 Å². The monoisotopic (exact) mass is 904 g/mol. The summed E-state index contributed by atoms with van der Waals surface area (Å²) in [6, 6.07) is 56.7. The maximum Gasteiger partial charge on any atom is 0.116 e. The van der Waals surface area contributed by atoms with Gasteiger partial charge >= 0.3 is 0 Å². The fraction of sp³-hybridized carbons (Fsp3) is 0.240. The lowest BCUT2D eigenvalue weighted by atomic mass is 9.97. The molecule has 8 heteroatoms. The van der Waals surface area contributed by atoms with Crippen LogP contribution in [0.15, 0.2) is 191 Å². The molecular weight excluding hydrogens is 856 g/mol. The van der Waals surface area contributed by atoms with E-state index < -0.39 is 30.5 Å². The van der Waals surface area contributed by atoms with Crippen LogP contribution in [0.1, 0.15) is 33.4 Å². The molecule has 6 aromatic carbocycles. The first-order valence-electron chi connectivity index (χ1n) is 19.5. The molecule has 0 radical (unpaired) electrons. The third kappa shape index (κ3) is 14.3. The number of benzene rings is 6. The van der Waals surface area contributed by atoms with Gasteiger partial charge in [0.2, 0.25) is 0 Å². The van der Waals surface area contributed by atoms with Gasteiger partial charge in [-0.25, -0.2) is 0 Å². The predicted octanol–water partition coefficient (Wildman–Crippen LogP) is 11.8. The Morgan fingerprint density at radius 1 is 0.379 bits per heavy atom. The van der Waals surface area contributed by atoms with Gasteiger partial charge in [0.05, 0.1) is 46.2 Å². The fourth-order valence-electron chi connectivity index (χ4n) is 6.43. The van der Waals surface area contributed by atoms with Crippen LogP contribution in [-0.2, 0) is 68.1 Å². The Hall–Kier alpha value is -4.22. The summed E-state index contributed by atoms with van der Waals surface area (Å²) in [5.74, 6) is 0. The molecule has 6 rings (SSSR count). The van der Waals surface area contributed by atoms with E-state index in [-0.39, 0.29) is 6.61 Å². The summed E-state index contributed by atoms with van der Waals surface area (Å²) in [6.07, 6.45) is -1.52. The molecule has 300 valence electrons. The van der Waals surface area contributed by atoms with E-state index in [4.69, 9.17) is 28.4 Å². The Balaban J connectivity index is 1.40. The number of hydrogen-bond donors (Lipinski definition) is 0. The average molecular weight is 907 g/mol. The summed E-state index contributed by atoms with van der Waals surface area (Å²) in [4.78, 5) is 0. The van der Waals surface area contributed by atoms with Crippen LogP contribution in [0.25, 0.3) is 0 Å². The lowest BCUT2D eigenvalue weighted by Crippen LogP contribution is -2.54. The molecule has 0 aromatic heterocycles. The quantitative estimate of drug-likeness (QED) is 0.0564. The van der Waals surface area contributed by atoms with E-state index in [2.05, 4.69) is 74.8 Å². The molecule has 0 saturated heterocycles. The van der Waals surface area contributed by atoms with Gasteiger partial charge in [-0.15, -0.1) is 6.58 Å². The lowest BCUT2D eigenvalue weighted by molar-refractivity contribution is -0.216. The van der Waals surface area contributed by atoms with Gasteiger partial charge in [0.15, 0.2) is 0 Å². The van der Waals surface area contributed by atoms with E-state index in [1.807, 2.05) is 133 Å². The predicted molar refractivity (Wildman–Crippen MR) is 237 cm³/mol. The number of rotatable bonds is 24. The highest BCUT2D eigenvalue weighted by Crippen LogP contribution is 2.28. The molecule has 0 spiro atoms. The van der Waals surface area contributed by atoms with Crippen molar-refractivity contribution in [2.24, 2.45) is 0 Å². The van der Waals surface area contributed by atoms with Crippen LogP contribution in [-0.4, -0.2) is 37.1 Å². The molecule has 0 aliphatic carbocycles. The molecule has 58 heavy (non-hydrogen) atoms. The Kier molecular flexibility index (Phi) is 17.9. The van der Waals surface area contributed by atoms with Gasteiger partial charge in [-0.2, -0.15) is 0 Å². The maximum atomic E-state index is 7.07. The highest BCUT2D eigenvalue weighted by atomic mass is 79.9. The molecule has 0 N–H and O–H groups in total. The Labute approximate surface area is 360 Å². The first kappa shape index (κ1) is 43.4. The smallest absolute Gasteiger partial charge is 0.116 e. The van der Waals surface area contributed by atoms with E-state index in [1.165, 1.54) is 0 Å². The van der Waals surface area contributed by atoms with E-state index in [9.17, 15) is 0 Å². The van der Waals surface area contributed by atoms with Crippen molar-refractivity contribution < 1.29 is 28.4 Å². The molecule has 0 heterocycles. The summed E-state index contributed by atoms with van der Waals surface area (Å²) in [5.41, 5.74) is 6.12. The van der Waals surface area contributed by atoms with E-state index in [0.717, 1.165) is 42.3 Å². The van der Waals surface area contributed by atoms with Gasteiger partial charge in [0.1, 0.15) is 30.5 Å². The Morgan fingerprint density at radius 2 is 0.724 bits per heavy atom. The molecule has 6 nitrogen and oxygen atoms in total. The van der Waals surface area contributed by atoms with Crippen LogP contribution in [0.4, 0.5) is 0 Å². The highest BCUT2D eigenvalue weighted by Gasteiger charge is 2.42. The largest absolute Gasteiger partial charge is 0.374 e. The van der Waals surface area contributed by atoms with Crippen molar-refractivity contribution in [3.05, 3.63) is 225 Å². The summed E-state index contributed by atoms with van der Waals surface area (Å²) in [6.45, 7) is 6.45. The third-order valence-electron chi connectivity index (χ3n) is 9.55. The minimum Gasteiger partial charge on any atom is -0.374 e. The van der Waals surface area contributed by atoms with E-state index in [1.54, 1.807) is 6.08 Å².